The van der Waals surface area contributed by atoms with Crippen LogP contribution in [0.1, 0.15) is 35.2 Å². The minimum absolute atomic E-state index is 0.0301. The number of carboxylic acids is 1. The van der Waals surface area contributed by atoms with Crippen molar-refractivity contribution in [3.05, 3.63) is 23.3 Å². The molecule has 3 N–H and O–H groups in total. The highest BCUT2D eigenvalue weighted by atomic mass is 16.6. The molecule has 0 aromatic heterocycles. The number of amides is 1. The number of β-amino-alcohol motifs (C(OH)–C–C–N with tert-alkyl or cyclic N) is 1. The third-order valence-electron chi connectivity index (χ3n) is 5.23. The molecule has 1 aromatic carbocycles. The molecule has 1 amide bonds. The Morgan fingerprint density at radius 2 is 2.07 bits per heavy atom. The van der Waals surface area contributed by atoms with Crippen molar-refractivity contribution in [2.45, 2.75) is 32.3 Å². The van der Waals surface area contributed by atoms with Crippen molar-refractivity contribution in [1.82, 2.24) is 10.2 Å². The van der Waals surface area contributed by atoms with Gasteiger partial charge in [-0.2, -0.15) is 0 Å². The van der Waals surface area contributed by atoms with Gasteiger partial charge < -0.3 is 29.9 Å². The Morgan fingerprint density at radius 3 is 2.82 bits per heavy atom. The summed E-state index contributed by atoms with van der Waals surface area (Å²) in [6, 6.07) is 3.64. The zero-order valence-corrected chi connectivity index (χ0v) is 16.1. The molecule has 8 nitrogen and oxygen atoms in total. The third kappa shape index (κ3) is 5.14. The number of aryl methyl sites for hydroxylation is 1. The molecule has 154 valence electrons. The summed E-state index contributed by atoms with van der Waals surface area (Å²) in [5, 5.41) is 22.1. The van der Waals surface area contributed by atoms with Crippen molar-refractivity contribution in [2.75, 3.05) is 39.4 Å². The van der Waals surface area contributed by atoms with Crippen LogP contribution in [0.15, 0.2) is 12.1 Å². The number of benzene rings is 1. The number of fused-ring (bicyclic) bond motifs is 1. The summed E-state index contributed by atoms with van der Waals surface area (Å²) in [5.41, 5.74) is 1.37. The highest BCUT2D eigenvalue weighted by Gasteiger charge is 2.29. The SMILES string of the molecule is Cc1cc2c(c(C(=O)NC[C@@H]3CCN(CCCC(=O)O)C[C@H]3O)c1)OCCO2. The van der Waals surface area contributed by atoms with Gasteiger partial charge in [0.05, 0.1) is 11.7 Å². The summed E-state index contributed by atoms with van der Waals surface area (Å²) in [7, 11) is 0. The number of ether oxygens (including phenoxy) is 2. The summed E-state index contributed by atoms with van der Waals surface area (Å²) in [6.45, 7) is 5.11. The van der Waals surface area contributed by atoms with E-state index in [9.17, 15) is 14.7 Å². The van der Waals surface area contributed by atoms with Gasteiger partial charge in [0.1, 0.15) is 13.2 Å². The van der Waals surface area contributed by atoms with E-state index in [4.69, 9.17) is 14.6 Å². The second-order valence-corrected chi connectivity index (χ2v) is 7.46. The number of aliphatic hydroxyl groups excluding tert-OH is 1. The van der Waals surface area contributed by atoms with Crippen molar-refractivity contribution in [3.63, 3.8) is 0 Å². The minimum atomic E-state index is -0.800. The molecule has 0 bridgehead atoms. The lowest BCUT2D eigenvalue weighted by Crippen LogP contribution is -2.47. The summed E-state index contributed by atoms with van der Waals surface area (Å²) in [6.07, 6.45) is 0.910. The fourth-order valence-corrected chi connectivity index (χ4v) is 3.72. The van der Waals surface area contributed by atoms with E-state index >= 15 is 0 Å². The second kappa shape index (κ2) is 9.25. The summed E-state index contributed by atoms with van der Waals surface area (Å²) in [4.78, 5) is 25.4. The maximum atomic E-state index is 12.7. The number of hydrogen-bond donors (Lipinski definition) is 3. The molecular formula is C20H28N2O6. The van der Waals surface area contributed by atoms with Gasteiger partial charge in [-0.3, -0.25) is 9.59 Å². The number of hydrogen-bond acceptors (Lipinski definition) is 6. The van der Waals surface area contributed by atoms with Crippen LogP contribution in [0, 0.1) is 12.8 Å². The number of aliphatic hydroxyl groups is 1. The first-order chi connectivity index (χ1) is 13.4. The van der Waals surface area contributed by atoms with Crippen LogP contribution in [0.25, 0.3) is 0 Å². The molecule has 0 radical (unpaired) electrons. The highest BCUT2D eigenvalue weighted by molar-refractivity contribution is 5.98. The Morgan fingerprint density at radius 1 is 1.29 bits per heavy atom. The van der Waals surface area contributed by atoms with Gasteiger partial charge in [0.15, 0.2) is 11.5 Å². The average molecular weight is 392 g/mol. The molecule has 0 saturated carbocycles. The Hall–Kier alpha value is -2.32. The topological polar surface area (TPSA) is 108 Å². The van der Waals surface area contributed by atoms with Crippen molar-refractivity contribution in [1.29, 1.82) is 0 Å². The molecular weight excluding hydrogens is 364 g/mol. The van der Waals surface area contributed by atoms with Gasteiger partial charge in [-0.1, -0.05) is 0 Å². The van der Waals surface area contributed by atoms with Crippen LogP contribution >= 0.6 is 0 Å². The Labute approximate surface area is 164 Å². The molecule has 8 heteroatoms. The third-order valence-corrected chi connectivity index (χ3v) is 5.23. The maximum absolute atomic E-state index is 12.7. The normalized spacial score (nSPS) is 21.9. The smallest absolute Gasteiger partial charge is 0.303 e. The van der Waals surface area contributed by atoms with E-state index in [-0.39, 0.29) is 18.2 Å². The van der Waals surface area contributed by atoms with E-state index < -0.39 is 12.1 Å². The van der Waals surface area contributed by atoms with Crippen LogP contribution in [0.2, 0.25) is 0 Å². The predicted octanol–water partition coefficient (Wildman–Crippen LogP) is 1.04. The molecule has 3 rings (SSSR count). The van der Waals surface area contributed by atoms with Crippen molar-refractivity contribution in [2.24, 2.45) is 5.92 Å². The number of nitrogens with zero attached hydrogens (tertiary/aromatic N) is 1. The lowest BCUT2D eigenvalue weighted by atomic mass is 9.93. The molecule has 2 aliphatic heterocycles. The largest absolute Gasteiger partial charge is 0.486 e. The molecule has 0 aliphatic carbocycles. The zero-order valence-electron chi connectivity index (χ0n) is 16.1. The number of carboxylic acid groups (broad SMARTS) is 1. The number of aliphatic carboxylic acids is 1. The van der Waals surface area contributed by atoms with Crippen molar-refractivity contribution < 1.29 is 29.3 Å². The standard InChI is InChI=1S/C20H28N2O6/c1-13-9-15(19-17(10-13)27-7-8-28-19)20(26)21-11-14-4-6-22(12-16(14)23)5-2-3-18(24)25/h9-10,14,16,23H,2-8,11-12H2,1H3,(H,21,26)(H,24,25)/t14-,16+/m0/s1. The van der Waals surface area contributed by atoms with Gasteiger partial charge in [0.2, 0.25) is 0 Å². The lowest BCUT2D eigenvalue weighted by Gasteiger charge is -2.36. The van der Waals surface area contributed by atoms with Gasteiger partial charge in [-0.15, -0.1) is 0 Å². The minimum Gasteiger partial charge on any atom is -0.486 e. The average Bonchev–Trinajstić information content (AvgIpc) is 2.66. The molecule has 2 atom stereocenters. The van der Waals surface area contributed by atoms with E-state index in [1.807, 2.05) is 13.0 Å². The van der Waals surface area contributed by atoms with Crippen LogP contribution in [0.4, 0.5) is 0 Å². The van der Waals surface area contributed by atoms with Gasteiger partial charge in [-0.05, 0) is 50.6 Å². The number of nitrogens with one attached hydrogen (secondary N) is 1. The quantitative estimate of drug-likeness (QED) is 0.636. The molecule has 1 aromatic rings. The number of rotatable bonds is 7. The van der Waals surface area contributed by atoms with Crippen LogP contribution in [0.5, 0.6) is 11.5 Å². The Kier molecular flexibility index (Phi) is 6.74. The van der Waals surface area contributed by atoms with Crippen LogP contribution in [-0.2, 0) is 4.79 Å². The van der Waals surface area contributed by atoms with Crippen molar-refractivity contribution >= 4 is 11.9 Å². The molecule has 2 heterocycles. The number of carbonyl (C=O) groups excluding carboxylic acids is 1. The first kappa shape index (κ1) is 20.4. The maximum Gasteiger partial charge on any atom is 0.303 e. The molecule has 0 unspecified atom stereocenters. The molecule has 0 spiro atoms. The van der Waals surface area contributed by atoms with E-state index in [0.29, 0.717) is 56.3 Å². The van der Waals surface area contributed by atoms with Gasteiger partial charge in [0, 0.05) is 25.4 Å². The van der Waals surface area contributed by atoms with E-state index in [1.165, 1.54) is 0 Å². The first-order valence-corrected chi connectivity index (χ1v) is 9.74. The first-order valence-electron chi connectivity index (χ1n) is 9.74. The lowest BCUT2D eigenvalue weighted by molar-refractivity contribution is -0.137. The highest BCUT2D eigenvalue weighted by Crippen LogP contribution is 2.35. The number of piperidine rings is 1. The van der Waals surface area contributed by atoms with E-state index in [2.05, 4.69) is 10.2 Å². The predicted molar refractivity (Wildman–Crippen MR) is 102 cm³/mol. The Balaban J connectivity index is 1.52. The Bertz CT molecular complexity index is 723. The van der Waals surface area contributed by atoms with Crippen LogP contribution < -0.4 is 14.8 Å². The molecule has 28 heavy (non-hydrogen) atoms. The summed E-state index contributed by atoms with van der Waals surface area (Å²) in [5.74, 6) is -0.000805. The van der Waals surface area contributed by atoms with Gasteiger partial charge >= 0.3 is 5.97 Å². The van der Waals surface area contributed by atoms with E-state index in [1.54, 1.807) is 6.07 Å². The molecule has 2 aliphatic rings. The second-order valence-electron chi connectivity index (χ2n) is 7.46. The fraction of sp³-hybridized carbons (Fsp3) is 0.600. The summed E-state index contributed by atoms with van der Waals surface area (Å²) < 4.78 is 11.2. The monoisotopic (exact) mass is 392 g/mol. The fourth-order valence-electron chi connectivity index (χ4n) is 3.72. The van der Waals surface area contributed by atoms with Gasteiger partial charge in [-0.25, -0.2) is 0 Å². The zero-order chi connectivity index (χ0) is 20.1. The van der Waals surface area contributed by atoms with Crippen LogP contribution in [-0.4, -0.2) is 72.5 Å². The summed E-state index contributed by atoms with van der Waals surface area (Å²) >= 11 is 0. The number of likely N-dealkylation sites (tertiary alicyclic amines) is 1. The number of carbonyl (C=O) groups is 2. The van der Waals surface area contributed by atoms with Crippen molar-refractivity contribution in [3.8, 4) is 11.5 Å². The molecule has 1 saturated heterocycles. The van der Waals surface area contributed by atoms with Gasteiger partial charge in [0.25, 0.3) is 5.91 Å². The molecule has 1 fully saturated rings. The van der Waals surface area contributed by atoms with E-state index in [0.717, 1.165) is 18.5 Å². The van der Waals surface area contributed by atoms with Crippen LogP contribution in [0.3, 0.4) is 0 Å².